The van der Waals surface area contributed by atoms with Gasteiger partial charge in [-0.2, -0.15) is 0 Å². The fourth-order valence-electron chi connectivity index (χ4n) is 6.03. The molecule has 2 aliphatic rings. The molecule has 0 radical (unpaired) electrons. The largest absolute Gasteiger partial charge is 0.508 e. The lowest BCUT2D eigenvalue weighted by atomic mass is 9.65. The van der Waals surface area contributed by atoms with Crippen LogP contribution in [0.15, 0.2) is 52.9 Å². The molecule has 2 fully saturated rings. The van der Waals surface area contributed by atoms with Gasteiger partial charge in [-0.15, -0.1) is 0 Å². The smallest absolute Gasteiger partial charge is 0.215 e. The third-order valence-corrected chi connectivity index (χ3v) is 6.83. The molecule has 5 rings (SSSR count). The van der Waals surface area contributed by atoms with Gasteiger partial charge in [-0.1, -0.05) is 20.8 Å². The van der Waals surface area contributed by atoms with Crippen LogP contribution >= 0.6 is 0 Å². The summed E-state index contributed by atoms with van der Waals surface area (Å²) in [6.07, 6.45) is 3.66. The first-order chi connectivity index (χ1) is 14.3. The van der Waals surface area contributed by atoms with Gasteiger partial charge in [-0.25, -0.2) is 4.58 Å². The lowest BCUT2D eigenvalue weighted by Crippen LogP contribution is -2.37. The van der Waals surface area contributed by atoms with Crippen molar-refractivity contribution in [2.45, 2.75) is 46.1 Å². The number of hydrogen-bond donors (Lipinski definition) is 1. The van der Waals surface area contributed by atoms with Gasteiger partial charge in [0.15, 0.2) is 6.04 Å². The van der Waals surface area contributed by atoms with Crippen molar-refractivity contribution in [1.29, 1.82) is 0 Å². The first kappa shape index (κ1) is 19.2. The summed E-state index contributed by atoms with van der Waals surface area (Å²) < 4.78 is 14.1. The molecule has 2 aromatic carbocycles. The van der Waals surface area contributed by atoms with Gasteiger partial charge in [0.25, 0.3) is 0 Å². The molecule has 1 saturated heterocycles. The van der Waals surface area contributed by atoms with Gasteiger partial charge in [0.1, 0.15) is 29.4 Å². The van der Waals surface area contributed by atoms with Crippen LogP contribution in [-0.4, -0.2) is 24.8 Å². The molecule has 0 amide bonds. The standard InChI is InChI=1S/C26H29NO3/c1-25(2)13-18-14-26(3,15-25)16-27(18)22-12-24(17-5-8-20(29-4)9-6-17)30-23-10-7-19(28)11-21(22)23/h5-12,18H,13-16H2,1-4H3/p+1/t18-,26-/m1/s1. The minimum Gasteiger partial charge on any atom is -0.508 e. The third kappa shape index (κ3) is 3.28. The van der Waals surface area contributed by atoms with Crippen LogP contribution in [0.2, 0.25) is 0 Å². The Morgan fingerprint density at radius 3 is 2.53 bits per heavy atom. The Labute approximate surface area is 177 Å². The van der Waals surface area contributed by atoms with E-state index in [0.29, 0.717) is 16.9 Å². The predicted molar refractivity (Wildman–Crippen MR) is 120 cm³/mol. The Hall–Kier alpha value is -2.75. The molecule has 1 aromatic heterocycles. The van der Waals surface area contributed by atoms with E-state index in [-0.39, 0.29) is 5.75 Å². The molecule has 1 aliphatic carbocycles. The summed E-state index contributed by atoms with van der Waals surface area (Å²) in [5.41, 5.74) is 2.48. The van der Waals surface area contributed by atoms with Crippen molar-refractivity contribution < 1.29 is 14.3 Å². The highest BCUT2D eigenvalue weighted by molar-refractivity contribution is 5.80. The van der Waals surface area contributed by atoms with Crippen molar-refractivity contribution in [3.05, 3.63) is 53.9 Å². The first-order valence-electron chi connectivity index (χ1n) is 10.8. The second kappa shape index (κ2) is 6.63. The molecular weight excluding hydrogens is 374 g/mol. The summed E-state index contributed by atoms with van der Waals surface area (Å²) >= 11 is 0. The second-order valence-electron chi connectivity index (χ2n) is 10.2. The van der Waals surface area contributed by atoms with Crippen LogP contribution in [0.1, 0.15) is 40.0 Å². The van der Waals surface area contributed by atoms with Crippen molar-refractivity contribution in [3.8, 4) is 22.8 Å². The molecule has 0 unspecified atom stereocenters. The number of rotatable bonds is 2. The molecule has 2 atom stereocenters. The van der Waals surface area contributed by atoms with Crippen molar-refractivity contribution in [1.82, 2.24) is 4.58 Å². The van der Waals surface area contributed by atoms with Gasteiger partial charge < -0.3 is 14.3 Å². The number of benzene rings is 2. The van der Waals surface area contributed by atoms with Gasteiger partial charge in [-0.3, -0.25) is 0 Å². The van der Waals surface area contributed by atoms with Gasteiger partial charge >= 0.3 is 0 Å². The summed E-state index contributed by atoms with van der Waals surface area (Å²) in [6, 6.07) is 16.0. The van der Waals surface area contributed by atoms with Crippen LogP contribution in [0.25, 0.3) is 22.3 Å². The molecule has 4 heteroatoms. The van der Waals surface area contributed by atoms with E-state index in [1.54, 1.807) is 13.2 Å². The van der Waals surface area contributed by atoms with Crippen molar-refractivity contribution in [3.63, 3.8) is 0 Å². The maximum Gasteiger partial charge on any atom is 0.215 e. The third-order valence-electron chi connectivity index (χ3n) is 6.83. The maximum absolute atomic E-state index is 10.2. The van der Waals surface area contributed by atoms with Crippen LogP contribution in [0.5, 0.6) is 11.5 Å². The predicted octanol–water partition coefficient (Wildman–Crippen LogP) is 5.18. The molecule has 2 heterocycles. The number of phenolic OH excluding ortho intramolecular Hbond substituents is 1. The SMILES string of the molecule is COc1ccc(-c2cc(=[N+]3C[C@]4(C)C[C@H]3CC(C)(C)C4)c3cc(O)ccc3o2)cc1. The molecule has 156 valence electrons. The van der Waals surface area contributed by atoms with Gasteiger partial charge in [0.05, 0.1) is 18.6 Å². The number of methoxy groups -OCH3 is 1. The number of aromatic hydroxyl groups is 1. The number of ether oxygens (including phenoxy) is 1. The van der Waals surface area contributed by atoms with Crippen LogP contribution < -0.4 is 14.7 Å². The van der Waals surface area contributed by atoms with Crippen molar-refractivity contribution in [2.24, 2.45) is 10.8 Å². The van der Waals surface area contributed by atoms with E-state index >= 15 is 0 Å². The molecule has 30 heavy (non-hydrogen) atoms. The van der Waals surface area contributed by atoms with Crippen molar-refractivity contribution in [2.75, 3.05) is 13.7 Å². The van der Waals surface area contributed by atoms with Crippen LogP contribution in [0, 0.1) is 10.8 Å². The highest BCUT2D eigenvalue weighted by atomic mass is 16.5. The molecule has 1 N–H and O–H groups in total. The second-order valence-corrected chi connectivity index (χ2v) is 10.2. The Balaban J connectivity index is 1.76. The zero-order chi connectivity index (χ0) is 21.1. The van der Waals surface area contributed by atoms with E-state index in [9.17, 15) is 5.11 Å². The van der Waals surface area contributed by atoms with Crippen molar-refractivity contribution >= 4 is 11.0 Å². The first-order valence-corrected chi connectivity index (χ1v) is 10.8. The summed E-state index contributed by atoms with van der Waals surface area (Å²) in [5.74, 6) is 1.93. The molecular formula is C26H30NO3+. The minimum atomic E-state index is 0.268. The topological polar surface area (TPSA) is 45.6 Å². The number of fused-ring (bicyclic) bond motifs is 3. The minimum absolute atomic E-state index is 0.268. The Bertz CT molecular complexity index is 1190. The maximum atomic E-state index is 10.2. The average molecular weight is 405 g/mol. The number of nitrogens with zero attached hydrogens (tertiary/aromatic N) is 1. The molecule has 0 spiro atoms. The van der Waals surface area contributed by atoms with Crippen LogP contribution in [0.4, 0.5) is 0 Å². The number of hydrogen-bond acceptors (Lipinski definition) is 3. The highest BCUT2D eigenvalue weighted by Crippen LogP contribution is 2.50. The van der Waals surface area contributed by atoms with Gasteiger partial charge in [0.2, 0.25) is 5.36 Å². The molecule has 4 nitrogen and oxygen atoms in total. The zero-order valence-electron chi connectivity index (χ0n) is 18.2. The summed E-state index contributed by atoms with van der Waals surface area (Å²) in [7, 11) is 1.67. The zero-order valence-corrected chi connectivity index (χ0v) is 18.2. The fraction of sp³-hybridized carbons (Fsp3) is 0.423. The molecule has 1 aliphatic heterocycles. The van der Waals surface area contributed by atoms with E-state index in [2.05, 4.69) is 31.4 Å². The summed E-state index contributed by atoms with van der Waals surface area (Å²) in [6.45, 7) is 8.26. The highest BCUT2D eigenvalue weighted by Gasteiger charge is 2.53. The summed E-state index contributed by atoms with van der Waals surface area (Å²) in [4.78, 5) is 0. The Kier molecular flexibility index (Phi) is 4.25. The van der Waals surface area contributed by atoms with Crippen LogP contribution in [0.3, 0.4) is 0 Å². The monoisotopic (exact) mass is 404 g/mol. The van der Waals surface area contributed by atoms with E-state index in [4.69, 9.17) is 9.15 Å². The van der Waals surface area contributed by atoms with E-state index < -0.39 is 0 Å². The Morgan fingerprint density at radius 2 is 1.80 bits per heavy atom. The summed E-state index contributed by atoms with van der Waals surface area (Å²) in [5, 5.41) is 12.3. The van der Waals surface area contributed by atoms with E-state index in [1.165, 1.54) is 19.3 Å². The normalized spacial score (nSPS) is 26.7. The van der Waals surface area contributed by atoms with E-state index in [1.807, 2.05) is 36.4 Å². The van der Waals surface area contributed by atoms with Gasteiger partial charge in [0, 0.05) is 23.8 Å². The Morgan fingerprint density at radius 1 is 1.03 bits per heavy atom. The van der Waals surface area contributed by atoms with E-state index in [0.717, 1.165) is 39.9 Å². The number of phenols is 1. The lowest BCUT2D eigenvalue weighted by molar-refractivity contribution is 0.135. The molecule has 2 bridgehead atoms. The quantitative estimate of drug-likeness (QED) is 0.598. The van der Waals surface area contributed by atoms with Crippen LogP contribution in [-0.2, 0) is 0 Å². The lowest BCUT2D eigenvalue weighted by Gasteiger charge is -2.36. The average Bonchev–Trinajstić information content (AvgIpc) is 2.95. The van der Waals surface area contributed by atoms with Gasteiger partial charge in [-0.05, 0) is 54.3 Å². The fourth-order valence-corrected chi connectivity index (χ4v) is 6.03. The molecule has 1 saturated carbocycles. The molecule has 3 aromatic rings.